The first-order valence-corrected chi connectivity index (χ1v) is 6.82. The Labute approximate surface area is 124 Å². The number of amides is 1. The Morgan fingerprint density at radius 2 is 2.05 bits per heavy atom. The van der Waals surface area contributed by atoms with E-state index in [9.17, 15) is 9.59 Å². The molecule has 1 aromatic rings. The molecule has 0 fully saturated rings. The summed E-state index contributed by atoms with van der Waals surface area (Å²) in [6, 6.07) is 2.16. The van der Waals surface area contributed by atoms with Crippen LogP contribution in [-0.4, -0.2) is 29.8 Å². The Morgan fingerprint density at radius 1 is 1.35 bits per heavy atom. The first-order chi connectivity index (χ1) is 9.40. The molecule has 1 aliphatic heterocycles. The summed E-state index contributed by atoms with van der Waals surface area (Å²) in [5.41, 5.74) is 0.313. The number of ether oxygens (including phenoxy) is 2. The minimum Gasteiger partial charge on any atom is -0.480 e. The van der Waals surface area contributed by atoms with E-state index in [1.54, 1.807) is 19.9 Å². The summed E-state index contributed by atoms with van der Waals surface area (Å²) in [6.45, 7) is 3.56. The molecule has 1 aliphatic rings. The largest absolute Gasteiger partial charge is 0.480 e. The lowest BCUT2D eigenvalue weighted by Gasteiger charge is -2.18. The molecule has 1 amide bonds. The molecule has 1 heterocycles. The fraction of sp³-hybridized carbons (Fsp3) is 0.385. The molecule has 7 heteroatoms. The minimum atomic E-state index is -1.06. The SMILES string of the molecule is CC(C)C(NC(=O)c1cc(Br)c2c(c1)OCO2)C(=O)O. The summed E-state index contributed by atoms with van der Waals surface area (Å²) in [4.78, 5) is 23.2. The molecular formula is C13H14BrNO5. The Balaban J connectivity index is 2.22. The van der Waals surface area contributed by atoms with Crippen molar-refractivity contribution in [3.8, 4) is 11.5 Å². The van der Waals surface area contributed by atoms with Crippen molar-refractivity contribution in [1.29, 1.82) is 0 Å². The van der Waals surface area contributed by atoms with Crippen LogP contribution in [0.15, 0.2) is 16.6 Å². The number of carboxylic acid groups (broad SMARTS) is 1. The van der Waals surface area contributed by atoms with Gasteiger partial charge in [-0.2, -0.15) is 0 Å². The normalized spacial score (nSPS) is 14.2. The number of rotatable bonds is 4. The van der Waals surface area contributed by atoms with Crippen LogP contribution >= 0.6 is 15.9 Å². The van der Waals surface area contributed by atoms with Gasteiger partial charge in [-0.15, -0.1) is 0 Å². The summed E-state index contributed by atoms with van der Waals surface area (Å²) in [5, 5.41) is 11.6. The van der Waals surface area contributed by atoms with Crippen LogP contribution in [-0.2, 0) is 4.79 Å². The van der Waals surface area contributed by atoms with Gasteiger partial charge in [0.25, 0.3) is 5.91 Å². The van der Waals surface area contributed by atoms with Crippen molar-refractivity contribution in [3.63, 3.8) is 0 Å². The molecule has 0 saturated heterocycles. The van der Waals surface area contributed by atoms with E-state index < -0.39 is 17.9 Å². The molecule has 0 saturated carbocycles. The van der Waals surface area contributed by atoms with Crippen molar-refractivity contribution in [2.45, 2.75) is 19.9 Å². The predicted octanol–water partition coefficient (Wildman–Crippen LogP) is 2.02. The minimum absolute atomic E-state index is 0.1000. The van der Waals surface area contributed by atoms with Gasteiger partial charge in [0.05, 0.1) is 4.47 Å². The Bertz CT molecular complexity index is 558. The summed E-state index contributed by atoms with van der Waals surface area (Å²) in [7, 11) is 0. The highest BCUT2D eigenvalue weighted by atomic mass is 79.9. The van der Waals surface area contributed by atoms with E-state index >= 15 is 0 Å². The van der Waals surface area contributed by atoms with Crippen molar-refractivity contribution in [2.75, 3.05) is 6.79 Å². The van der Waals surface area contributed by atoms with E-state index in [0.29, 0.717) is 21.5 Å². The van der Waals surface area contributed by atoms with Crippen molar-refractivity contribution >= 4 is 27.8 Å². The van der Waals surface area contributed by atoms with E-state index in [4.69, 9.17) is 14.6 Å². The Hall–Kier alpha value is -1.76. The average molecular weight is 344 g/mol. The van der Waals surface area contributed by atoms with Crippen LogP contribution in [0.2, 0.25) is 0 Å². The zero-order chi connectivity index (χ0) is 14.9. The van der Waals surface area contributed by atoms with Crippen molar-refractivity contribution in [1.82, 2.24) is 5.32 Å². The molecular weight excluding hydrogens is 330 g/mol. The maximum absolute atomic E-state index is 12.1. The zero-order valence-electron chi connectivity index (χ0n) is 11.0. The van der Waals surface area contributed by atoms with Gasteiger partial charge >= 0.3 is 5.97 Å². The van der Waals surface area contributed by atoms with Gasteiger partial charge in [0.15, 0.2) is 11.5 Å². The number of nitrogens with one attached hydrogen (secondary N) is 1. The van der Waals surface area contributed by atoms with Crippen LogP contribution in [0.25, 0.3) is 0 Å². The van der Waals surface area contributed by atoms with Crippen molar-refractivity contribution < 1.29 is 24.2 Å². The predicted molar refractivity (Wildman–Crippen MR) is 74.0 cm³/mol. The second kappa shape index (κ2) is 5.70. The molecule has 0 bridgehead atoms. The van der Waals surface area contributed by atoms with Gasteiger partial charge in [-0.25, -0.2) is 4.79 Å². The van der Waals surface area contributed by atoms with Gasteiger partial charge in [-0.3, -0.25) is 4.79 Å². The molecule has 0 aromatic heterocycles. The zero-order valence-corrected chi connectivity index (χ0v) is 12.6. The molecule has 6 nitrogen and oxygen atoms in total. The fourth-order valence-corrected chi connectivity index (χ4v) is 2.39. The third-order valence-corrected chi connectivity index (χ3v) is 3.50. The van der Waals surface area contributed by atoms with E-state index in [0.717, 1.165) is 0 Å². The number of carbonyl (C=O) groups is 2. The van der Waals surface area contributed by atoms with Crippen LogP contribution in [0.3, 0.4) is 0 Å². The highest BCUT2D eigenvalue weighted by Gasteiger charge is 2.26. The summed E-state index contributed by atoms with van der Waals surface area (Å²) in [6.07, 6.45) is 0. The van der Waals surface area contributed by atoms with E-state index in [1.165, 1.54) is 6.07 Å². The summed E-state index contributed by atoms with van der Waals surface area (Å²) in [5.74, 6) is -0.742. The van der Waals surface area contributed by atoms with Gasteiger partial charge < -0.3 is 19.9 Å². The third kappa shape index (κ3) is 2.87. The van der Waals surface area contributed by atoms with Crippen molar-refractivity contribution in [3.05, 3.63) is 22.2 Å². The first kappa shape index (κ1) is 14.6. The lowest BCUT2D eigenvalue weighted by molar-refractivity contribution is -0.140. The van der Waals surface area contributed by atoms with E-state index in [-0.39, 0.29) is 12.7 Å². The smallest absolute Gasteiger partial charge is 0.326 e. The molecule has 1 aromatic carbocycles. The van der Waals surface area contributed by atoms with E-state index in [2.05, 4.69) is 21.2 Å². The monoisotopic (exact) mass is 343 g/mol. The molecule has 1 atom stereocenters. The average Bonchev–Trinajstić information content (AvgIpc) is 2.83. The molecule has 20 heavy (non-hydrogen) atoms. The van der Waals surface area contributed by atoms with Crippen LogP contribution in [0.1, 0.15) is 24.2 Å². The first-order valence-electron chi connectivity index (χ1n) is 6.03. The Morgan fingerprint density at radius 3 is 2.65 bits per heavy atom. The van der Waals surface area contributed by atoms with Gasteiger partial charge in [-0.05, 0) is 34.0 Å². The van der Waals surface area contributed by atoms with Gasteiger partial charge in [-0.1, -0.05) is 13.8 Å². The van der Waals surface area contributed by atoms with E-state index in [1.807, 2.05) is 0 Å². The van der Waals surface area contributed by atoms with Crippen LogP contribution in [0.4, 0.5) is 0 Å². The summed E-state index contributed by atoms with van der Waals surface area (Å²) >= 11 is 3.29. The van der Waals surface area contributed by atoms with Gasteiger partial charge in [0, 0.05) is 5.56 Å². The van der Waals surface area contributed by atoms with Crippen LogP contribution in [0, 0.1) is 5.92 Å². The van der Waals surface area contributed by atoms with Crippen LogP contribution in [0.5, 0.6) is 11.5 Å². The molecule has 2 N–H and O–H groups in total. The lowest BCUT2D eigenvalue weighted by atomic mass is 10.0. The number of halogens is 1. The maximum Gasteiger partial charge on any atom is 0.326 e. The molecule has 0 radical (unpaired) electrons. The number of fused-ring (bicyclic) bond motifs is 1. The fourth-order valence-electron chi connectivity index (χ4n) is 1.84. The number of hydrogen-bond acceptors (Lipinski definition) is 4. The highest BCUT2D eigenvalue weighted by molar-refractivity contribution is 9.10. The number of aliphatic carboxylic acids is 1. The second-order valence-electron chi connectivity index (χ2n) is 4.73. The lowest BCUT2D eigenvalue weighted by Crippen LogP contribution is -2.44. The van der Waals surface area contributed by atoms with Crippen LogP contribution < -0.4 is 14.8 Å². The Kier molecular flexibility index (Phi) is 4.17. The highest BCUT2D eigenvalue weighted by Crippen LogP contribution is 2.39. The number of carbonyl (C=O) groups excluding carboxylic acids is 1. The van der Waals surface area contributed by atoms with Crippen molar-refractivity contribution in [2.24, 2.45) is 5.92 Å². The van der Waals surface area contributed by atoms with Gasteiger partial charge in [0.2, 0.25) is 6.79 Å². The second-order valence-corrected chi connectivity index (χ2v) is 5.58. The van der Waals surface area contributed by atoms with Gasteiger partial charge in [0.1, 0.15) is 6.04 Å². The molecule has 0 spiro atoms. The quantitative estimate of drug-likeness (QED) is 0.873. The maximum atomic E-state index is 12.1. The summed E-state index contributed by atoms with van der Waals surface area (Å²) < 4.78 is 11.0. The number of carboxylic acids is 1. The number of benzene rings is 1. The molecule has 108 valence electrons. The standard InChI is InChI=1S/C13H14BrNO5/c1-6(2)10(13(17)18)15-12(16)7-3-8(14)11-9(4-7)19-5-20-11/h3-4,6,10H,5H2,1-2H3,(H,15,16)(H,17,18). The molecule has 1 unspecified atom stereocenters. The third-order valence-electron chi connectivity index (χ3n) is 2.91. The number of hydrogen-bond donors (Lipinski definition) is 2. The molecule has 2 rings (SSSR count). The molecule has 0 aliphatic carbocycles. The topological polar surface area (TPSA) is 84.9 Å².